The first kappa shape index (κ1) is 20.1. The Kier molecular flexibility index (Phi) is 6.17. The number of halogens is 3. The predicted octanol–water partition coefficient (Wildman–Crippen LogP) is 7.05. The maximum atomic E-state index is 13.4. The van der Waals surface area contributed by atoms with E-state index in [1.165, 1.54) is 12.3 Å². The molecule has 144 valence electrons. The molecule has 0 aliphatic heterocycles. The zero-order chi connectivity index (χ0) is 20.3. The van der Waals surface area contributed by atoms with Gasteiger partial charge in [0.1, 0.15) is 5.82 Å². The fourth-order valence-electron chi connectivity index (χ4n) is 2.64. The molecule has 0 atom stereocenters. The van der Waals surface area contributed by atoms with Gasteiger partial charge in [-0.05, 0) is 31.2 Å². The summed E-state index contributed by atoms with van der Waals surface area (Å²) in [5, 5.41) is 1.01. The normalized spacial score (nSPS) is 10.5. The van der Waals surface area contributed by atoms with Gasteiger partial charge in [0.15, 0.2) is 23.3 Å². The number of hydrogen-bond donors (Lipinski definition) is 0. The van der Waals surface area contributed by atoms with Gasteiger partial charge in [0.05, 0.1) is 27.5 Å². The monoisotopic (exact) mass is 418 g/mol. The van der Waals surface area contributed by atoms with Gasteiger partial charge in [-0.3, -0.25) is 0 Å². The fraction of sp³-hybridized carbons (Fsp3) is 0.143. The van der Waals surface area contributed by atoms with Crippen molar-refractivity contribution in [1.82, 2.24) is 9.97 Å². The van der Waals surface area contributed by atoms with E-state index in [1.54, 1.807) is 19.1 Å². The van der Waals surface area contributed by atoms with Crippen LogP contribution in [0.1, 0.15) is 17.5 Å². The highest BCUT2D eigenvalue weighted by Crippen LogP contribution is 2.31. The Hall–Kier alpha value is -2.63. The van der Waals surface area contributed by atoms with Crippen LogP contribution in [-0.4, -0.2) is 9.97 Å². The van der Waals surface area contributed by atoms with Crippen LogP contribution in [0.5, 0.6) is 0 Å². The lowest BCUT2D eigenvalue weighted by atomic mass is 10.1. The van der Waals surface area contributed by atoms with E-state index in [1.807, 2.05) is 38.1 Å². The van der Waals surface area contributed by atoms with Crippen LogP contribution in [0.2, 0.25) is 10.0 Å². The minimum Gasteiger partial charge on any atom is -0.441 e. The minimum atomic E-state index is -0.409. The fourth-order valence-corrected chi connectivity index (χ4v) is 3.11. The van der Waals surface area contributed by atoms with Gasteiger partial charge >= 0.3 is 0 Å². The van der Waals surface area contributed by atoms with Crippen molar-refractivity contribution in [2.75, 3.05) is 0 Å². The van der Waals surface area contributed by atoms with Crippen molar-refractivity contribution in [2.45, 2.75) is 20.8 Å². The average Bonchev–Trinajstić information content (AvgIpc) is 3.21. The highest BCUT2D eigenvalue weighted by atomic mass is 35.5. The maximum absolute atomic E-state index is 13.4. The Balaban J connectivity index is 0.000000161. The van der Waals surface area contributed by atoms with Crippen molar-refractivity contribution >= 4 is 23.2 Å². The lowest BCUT2D eigenvalue weighted by Gasteiger charge is -2.00. The zero-order valence-corrected chi connectivity index (χ0v) is 17.0. The third-order valence-corrected chi connectivity index (χ3v) is 4.50. The Morgan fingerprint density at radius 2 is 1.57 bits per heavy atom. The second-order valence-electron chi connectivity index (χ2n) is 5.97. The molecule has 0 radical (unpaired) electrons. The van der Waals surface area contributed by atoms with Gasteiger partial charge in [0.25, 0.3) is 0 Å². The highest BCUT2D eigenvalue weighted by Gasteiger charge is 2.13. The lowest BCUT2D eigenvalue weighted by Crippen LogP contribution is -1.82. The number of nitrogens with zero attached hydrogens (tertiary/aromatic N) is 2. The van der Waals surface area contributed by atoms with Crippen LogP contribution in [-0.2, 0) is 0 Å². The second kappa shape index (κ2) is 8.59. The van der Waals surface area contributed by atoms with E-state index >= 15 is 0 Å². The van der Waals surface area contributed by atoms with Crippen molar-refractivity contribution in [3.63, 3.8) is 0 Å². The van der Waals surface area contributed by atoms with Gasteiger partial charge in [-0.2, -0.15) is 0 Å². The van der Waals surface area contributed by atoms with Gasteiger partial charge in [0.2, 0.25) is 0 Å². The summed E-state index contributed by atoms with van der Waals surface area (Å²) >= 11 is 11.9. The van der Waals surface area contributed by atoms with Crippen LogP contribution in [0.25, 0.3) is 22.6 Å². The smallest absolute Gasteiger partial charge is 0.192 e. The summed E-state index contributed by atoms with van der Waals surface area (Å²) in [6.45, 7) is 5.43. The third kappa shape index (κ3) is 4.43. The summed E-state index contributed by atoms with van der Waals surface area (Å²) in [5.41, 5.74) is 2.03. The van der Waals surface area contributed by atoms with Crippen LogP contribution in [0.15, 0.2) is 57.5 Å². The molecule has 0 aliphatic rings. The van der Waals surface area contributed by atoms with Crippen LogP contribution >= 0.6 is 23.2 Å². The molecule has 0 bridgehead atoms. The Labute approximate surface area is 172 Å². The first-order valence-electron chi connectivity index (χ1n) is 8.42. The van der Waals surface area contributed by atoms with Gasteiger partial charge in [-0.1, -0.05) is 41.4 Å². The maximum Gasteiger partial charge on any atom is 0.192 e. The first-order valence-corrected chi connectivity index (χ1v) is 9.18. The molecule has 0 spiro atoms. The highest BCUT2D eigenvalue weighted by molar-refractivity contribution is 6.33. The lowest BCUT2D eigenvalue weighted by molar-refractivity contribution is 0.528. The molecular formula is C21H17Cl2FN2O2. The minimum absolute atomic E-state index is 0.259. The number of rotatable bonds is 2. The van der Waals surface area contributed by atoms with Crippen molar-refractivity contribution in [3.8, 4) is 22.6 Å². The molecule has 0 aliphatic carbocycles. The second-order valence-corrected chi connectivity index (χ2v) is 6.78. The van der Waals surface area contributed by atoms with E-state index in [-0.39, 0.29) is 5.56 Å². The summed E-state index contributed by atoms with van der Waals surface area (Å²) in [6.07, 6.45) is 1.46. The molecule has 0 amide bonds. The predicted molar refractivity (Wildman–Crippen MR) is 108 cm³/mol. The molecule has 2 heterocycles. The van der Waals surface area contributed by atoms with Crippen LogP contribution in [0.4, 0.5) is 4.39 Å². The van der Waals surface area contributed by atoms with Crippen molar-refractivity contribution in [3.05, 3.63) is 82.0 Å². The average molecular weight is 419 g/mol. The Morgan fingerprint density at radius 3 is 2.14 bits per heavy atom. The number of benzene rings is 2. The zero-order valence-electron chi connectivity index (χ0n) is 15.5. The molecule has 2 aromatic heterocycles. The molecule has 4 nitrogen and oxygen atoms in total. The summed E-state index contributed by atoms with van der Waals surface area (Å²) < 4.78 is 24.1. The first-order chi connectivity index (χ1) is 13.4. The molecule has 0 fully saturated rings. The molecule has 7 heteroatoms. The van der Waals surface area contributed by atoms with Gasteiger partial charge in [-0.25, -0.2) is 14.4 Å². The van der Waals surface area contributed by atoms with Gasteiger partial charge in [0, 0.05) is 19.4 Å². The number of aryl methyl sites for hydroxylation is 3. The Morgan fingerprint density at radius 1 is 0.857 bits per heavy atom. The molecule has 0 N–H and O–H groups in total. The van der Waals surface area contributed by atoms with Crippen LogP contribution < -0.4 is 0 Å². The largest absolute Gasteiger partial charge is 0.441 e. The number of aromatic nitrogens is 2. The number of hydrogen-bond acceptors (Lipinski definition) is 4. The van der Waals surface area contributed by atoms with Crippen molar-refractivity contribution in [2.24, 2.45) is 0 Å². The molecule has 28 heavy (non-hydrogen) atoms. The summed E-state index contributed by atoms with van der Waals surface area (Å²) in [5.74, 6) is 1.85. The van der Waals surface area contributed by atoms with Crippen LogP contribution in [0, 0.1) is 26.6 Å². The van der Waals surface area contributed by atoms with E-state index in [0.29, 0.717) is 27.6 Å². The van der Waals surface area contributed by atoms with Gasteiger partial charge < -0.3 is 8.83 Å². The topological polar surface area (TPSA) is 52.1 Å². The third-order valence-electron chi connectivity index (χ3n) is 3.85. The summed E-state index contributed by atoms with van der Waals surface area (Å²) in [7, 11) is 0. The van der Waals surface area contributed by atoms with E-state index in [9.17, 15) is 4.39 Å². The SMILES string of the molecule is Cc1nc(C)c(-c2ccccc2Cl)o1.Cc1ncc(-c2c(F)cccc2Cl)o1. The number of oxazole rings is 2. The summed E-state index contributed by atoms with van der Waals surface area (Å²) in [6, 6.07) is 12.1. The quantitative estimate of drug-likeness (QED) is 0.349. The molecule has 0 saturated heterocycles. The van der Waals surface area contributed by atoms with Crippen molar-refractivity contribution in [1.29, 1.82) is 0 Å². The van der Waals surface area contributed by atoms with E-state index in [2.05, 4.69) is 9.97 Å². The van der Waals surface area contributed by atoms with Crippen LogP contribution in [0.3, 0.4) is 0 Å². The molecule has 0 saturated carbocycles. The molecule has 2 aromatic carbocycles. The van der Waals surface area contributed by atoms with E-state index in [0.717, 1.165) is 17.0 Å². The van der Waals surface area contributed by atoms with E-state index in [4.69, 9.17) is 32.0 Å². The molecule has 4 aromatic rings. The summed E-state index contributed by atoms with van der Waals surface area (Å²) in [4.78, 5) is 8.09. The Bertz CT molecular complexity index is 1090. The molecular weight excluding hydrogens is 402 g/mol. The molecule has 4 rings (SSSR count). The molecule has 0 unspecified atom stereocenters. The van der Waals surface area contributed by atoms with E-state index < -0.39 is 5.82 Å². The van der Waals surface area contributed by atoms with Gasteiger partial charge in [-0.15, -0.1) is 0 Å². The standard InChI is InChI=1S/C11H10ClNO.C10H7ClFNO/c1-7-11(14-8(2)13-7)9-5-3-4-6-10(9)12;1-6-13-5-9(14-6)10-7(11)3-2-4-8(10)12/h3-6H,1-2H3;2-5H,1H3. The van der Waals surface area contributed by atoms with Crippen molar-refractivity contribution < 1.29 is 13.2 Å².